The van der Waals surface area contributed by atoms with Crippen LogP contribution in [-0.4, -0.2) is 9.13 Å². The number of hydrogen-bond acceptors (Lipinski definition) is 1. The summed E-state index contributed by atoms with van der Waals surface area (Å²) in [6.07, 6.45) is 0. The lowest BCUT2D eigenvalue weighted by Crippen LogP contribution is -2.00. The van der Waals surface area contributed by atoms with Gasteiger partial charge >= 0.3 is 0 Å². The SMILES string of the molecule is c1cc(-c2ccc3c4c(cccc24)-c2ccccc2-3)cc(-n2c3ccccc3c3cc(-c4ccc5sc6ccccc6c5c4)c(-n4c5ccccc5c5ccccc54)cc32)c1. The zero-order valence-corrected chi connectivity index (χ0v) is 33.7. The van der Waals surface area contributed by atoms with E-state index in [2.05, 4.69) is 215 Å². The third kappa shape index (κ3) is 4.61. The summed E-state index contributed by atoms with van der Waals surface area (Å²) < 4.78 is 7.62. The Morgan fingerprint density at radius 1 is 0.279 bits per heavy atom. The summed E-state index contributed by atoms with van der Waals surface area (Å²) in [5.41, 5.74) is 17.2. The topological polar surface area (TPSA) is 9.86 Å². The summed E-state index contributed by atoms with van der Waals surface area (Å²) >= 11 is 1.87. The monoisotopic (exact) mass is 790 g/mol. The second-order valence-corrected chi connectivity index (χ2v) is 17.5. The van der Waals surface area contributed by atoms with Gasteiger partial charge in [-0.25, -0.2) is 0 Å². The zero-order chi connectivity index (χ0) is 39.8. The Balaban J connectivity index is 1.05. The maximum atomic E-state index is 2.50. The molecule has 3 heteroatoms. The Morgan fingerprint density at radius 3 is 1.61 bits per heavy atom. The van der Waals surface area contributed by atoms with E-state index in [1.54, 1.807) is 0 Å². The molecule has 0 aliphatic heterocycles. The van der Waals surface area contributed by atoms with Crippen molar-refractivity contribution in [2.24, 2.45) is 0 Å². The number of nitrogens with zero attached hydrogens (tertiary/aromatic N) is 2. The molecule has 0 fully saturated rings. The molecule has 282 valence electrons. The number of fused-ring (bicyclic) bond motifs is 12. The number of aromatic nitrogens is 2. The summed E-state index contributed by atoms with van der Waals surface area (Å²) in [6.45, 7) is 0. The van der Waals surface area contributed by atoms with E-state index in [-0.39, 0.29) is 0 Å². The Hall–Kier alpha value is -7.72. The van der Waals surface area contributed by atoms with Gasteiger partial charge in [0.2, 0.25) is 0 Å². The standard InChI is InChI=1S/C58H34N2S/c1-2-16-40-39(15-1)46-22-12-21-45-38(28-29-47(40)58(45)46)35-13-11-14-37(31-35)59-51-23-7-5-19-43(51)49-33-48(36-27-30-57-50(32-36)44-20-6-10-26-56(44)61-57)54(34-55(49)59)60-52-24-8-3-17-41(52)42-18-4-9-25-53(42)60/h1-34H. The molecule has 0 saturated carbocycles. The van der Waals surface area contributed by atoms with E-state index in [9.17, 15) is 0 Å². The highest BCUT2D eigenvalue weighted by molar-refractivity contribution is 7.25. The second-order valence-electron chi connectivity index (χ2n) is 16.4. The first-order chi connectivity index (χ1) is 30.3. The van der Waals surface area contributed by atoms with Crippen molar-refractivity contribution in [3.05, 3.63) is 206 Å². The lowest BCUT2D eigenvalue weighted by Gasteiger charge is -2.17. The fourth-order valence-corrected chi connectivity index (χ4v) is 11.7. The van der Waals surface area contributed by atoms with Gasteiger partial charge in [-0.05, 0) is 110 Å². The fourth-order valence-electron chi connectivity index (χ4n) is 10.6. The second kappa shape index (κ2) is 12.4. The minimum atomic E-state index is 1.14. The zero-order valence-electron chi connectivity index (χ0n) is 32.9. The van der Waals surface area contributed by atoms with Crippen molar-refractivity contribution in [3.8, 4) is 55.9 Å². The van der Waals surface area contributed by atoms with Gasteiger partial charge in [-0.3, -0.25) is 0 Å². The third-order valence-electron chi connectivity index (χ3n) is 13.3. The third-order valence-corrected chi connectivity index (χ3v) is 14.4. The molecule has 3 heterocycles. The van der Waals surface area contributed by atoms with Crippen LogP contribution in [0.2, 0.25) is 0 Å². The van der Waals surface area contributed by atoms with Crippen molar-refractivity contribution in [3.63, 3.8) is 0 Å². The average molecular weight is 791 g/mol. The molecule has 0 bridgehead atoms. The van der Waals surface area contributed by atoms with Crippen LogP contribution in [0.15, 0.2) is 206 Å². The summed E-state index contributed by atoms with van der Waals surface area (Å²) in [5, 5.41) is 10.2. The van der Waals surface area contributed by atoms with Crippen molar-refractivity contribution < 1.29 is 0 Å². The Morgan fingerprint density at radius 2 is 0.836 bits per heavy atom. The normalized spacial score (nSPS) is 12.3. The molecule has 14 rings (SSSR count). The molecule has 13 aromatic rings. The molecule has 0 spiro atoms. The van der Waals surface area contributed by atoms with Crippen molar-refractivity contribution in [1.82, 2.24) is 9.13 Å². The van der Waals surface area contributed by atoms with E-state index in [4.69, 9.17) is 0 Å². The molecule has 0 unspecified atom stereocenters. The van der Waals surface area contributed by atoms with E-state index in [0.29, 0.717) is 0 Å². The molecule has 2 nitrogen and oxygen atoms in total. The number of benzene rings is 10. The largest absolute Gasteiger partial charge is 0.309 e. The van der Waals surface area contributed by atoms with Crippen LogP contribution in [0.4, 0.5) is 0 Å². The summed E-state index contributed by atoms with van der Waals surface area (Å²) in [6, 6.07) is 76.9. The lowest BCUT2D eigenvalue weighted by molar-refractivity contribution is 1.16. The van der Waals surface area contributed by atoms with E-state index < -0.39 is 0 Å². The smallest absolute Gasteiger partial charge is 0.0562 e. The van der Waals surface area contributed by atoms with Crippen LogP contribution in [0.1, 0.15) is 0 Å². The van der Waals surface area contributed by atoms with Crippen molar-refractivity contribution in [2.45, 2.75) is 0 Å². The molecule has 61 heavy (non-hydrogen) atoms. The molecular formula is C58H34N2S. The highest BCUT2D eigenvalue weighted by atomic mass is 32.1. The minimum absolute atomic E-state index is 1.14. The predicted molar refractivity (Wildman–Crippen MR) is 261 cm³/mol. The molecule has 1 aliphatic rings. The molecule has 1 aliphatic carbocycles. The fraction of sp³-hybridized carbons (Fsp3) is 0. The highest BCUT2D eigenvalue weighted by Gasteiger charge is 2.24. The Bertz CT molecular complexity index is 3920. The first-order valence-corrected chi connectivity index (χ1v) is 21.8. The van der Waals surface area contributed by atoms with Crippen LogP contribution in [-0.2, 0) is 0 Å². The van der Waals surface area contributed by atoms with Crippen molar-refractivity contribution in [1.29, 1.82) is 0 Å². The number of thiophene rings is 1. The van der Waals surface area contributed by atoms with E-state index in [1.165, 1.54) is 119 Å². The Labute approximate surface area is 355 Å². The molecule has 10 aromatic carbocycles. The van der Waals surface area contributed by atoms with Crippen LogP contribution >= 0.6 is 11.3 Å². The number of rotatable bonds is 4. The van der Waals surface area contributed by atoms with Crippen molar-refractivity contribution in [2.75, 3.05) is 0 Å². The Kier molecular flexibility index (Phi) is 6.74. The first-order valence-electron chi connectivity index (χ1n) is 21.0. The highest BCUT2D eigenvalue weighted by Crippen LogP contribution is 2.50. The van der Waals surface area contributed by atoms with E-state index in [0.717, 1.165) is 11.4 Å². The number of para-hydroxylation sites is 3. The maximum absolute atomic E-state index is 2.50. The van der Waals surface area contributed by atoms with E-state index in [1.807, 2.05) is 11.3 Å². The van der Waals surface area contributed by atoms with Crippen LogP contribution < -0.4 is 0 Å². The predicted octanol–water partition coefficient (Wildman–Crippen LogP) is 16.4. The first kappa shape index (κ1) is 33.1. The molecule has 0 amide bonds. The maximum Gasteiger partial charge on any atom is 0.0562 e. The molecule has 3 aromatic heterocycles. The van der Waals surface area contributed by atoms with Gasteiger partial charge in [0.15, 0.2) is 0 Å². The lowest BCUT2D eigenvalue weighted by atomic mass is 9.94. The molecule has 0 saturated heterocycles. The van der Waals surface area contributed by atoms with E-state index >= 15 is 0 Å². The van der Waals surface area contributed by atoms with Gasteiger partial charge in [-0.1, -0.05) is 146 Å². The van der Waals surface area contributed by atoms with Gasteiger partial charge < -0.3 is 9.13 Å². The summed E-state index contributed by atoms with van der Waals surface area (Å²) in [5.74, 6) is 0. The van der Waals surface area contributed by atoms with Crippen LogP contribution in [0.3, 0.4) is 0 Å². The minimum Gasteiger partial charge on any atom is -0.309 e. The summed E-state index contributed by atoms with van der Waals surface area (Å²) in [4.78, 5) is 0. The van der Waals surface area contributed by atoms with Gasteiger partial charge in [-0.15, -0.1) is 11.3 Å². The van der Waals surface area contributed by atoms with Crippen LogP contribution in [0.5, 0.6) is 0 Å². The van der Waals surface area contributed by atoms with Crippen LogP contribution in [0.25, 0.3) is 130 Å². The van der Waals surface area contributed by atoms with Gasteiger partial charge in [0, 0.05) is 53.0 Å². The van der Waals surface area contributed by atoms with Gasteiger partial charge in [0.05, 0.1) is 27.8 Å². The molecule has 0 radical (unpaired) electrons. The number of hydrogen-bond donors (Lipinski definition) is 0. The van der Waals surface area contributed by atoms with Gasteiger partial charge in [-0.2, -0.15) is 0 Å². The average Bonchev–Trinajstić information content (AvgIpc) is 4.06. The summed E-state index contributed by atoms with van der Waals surface area (Å²) in [7, 11) is 0. The molecule has 0 atom stereocenters. The van der Waals surface area contributed by atoms with Crippen molar-refractivity contribution >= 4 is 85.9 Å². The molecule has 0 N–H and O–H groups in total. The van der Waals surface area contributed by atoms with Gasteiger partial charge in [0.25, 0.3) is 0 Å². The van der Waals surface area contributed by atoms with Crippen LogP contribution in [0, 0.1) is 0 Å². The molecular weight excluding hydrogens is 757 g/mol. The quantitative estimate of drug-likeness (QED) is 0.168. The van der Waals surface area contributed by atoms with Gasteiger partial charge in [0.1, 0.15) is 0 Å².